The first kappa shape index (κ1) is 18.3. The van der Waals surface area contributed by atoms with Crippen LogP contribution >= 0.6 is 11.6 Å². The zero-order valence-corrected chi connectivity index (χ0v) is 16.2. The number of aryl methyl sites for hydroxylation is 1. The van der Waals surface area contributed by atoms with Gasteiger partial charge in [0.15, 0.2) is 0 Å². The SMILES string of the molecule is C=CC(=O)NC1(C)CC(Oc2nc(Nc3cnn(C)c3)nc3[nH]cc(Cl)c23)C1. The zero-order chi connectivity index (χ0) is 19.9. The lowest BCUT2D eigenvalue weighted by atomic mass is 9.75. The molecule has 1 fully saturated rings. The monoisotopic (exact) mass is 401 g/mol. The van der Waals surface area contributed by atoms with Gasteiger partial charge in [-0.05, 0) is 13.0 Å². The number of rotatable bonds is 6. The van der Waals surface area contributed by atoms with Gasteiger partial charge in [-0.15, -0.1) is 0 Å². The third kappa shape index (κ3) is 3.53. The normalized spacial score (nSPS) is 21.2. The van der Waals surface area contributed by atoms with E-state index < -0.39 is 0 Å². The molecule has 4 rings (SSSR count). The Morgan fingerprint density at radius 2 is 2.29 bits per heavy atom. The summed E-state index contributed by atoms with van der Waals surface area (Å²) in [7, 11) is 1.83. The summed E-state index contributed by atoms with van der Waals surface area (Å²) in [6.07, 6.45) is 7.63. The van der Waals surface area contributed by atoms with Gasteiger partial charge in [0.1, 0.15) is 11.8 Å². The van der Waals surface area contributed by atoms with E-state index in [0.717, 1.165) is 5.69 Å². The number of nitrogens with one attached hydrogen (secondary N) is 3. The van der Waals surface area contributed by atoms with E-state index in [1.165, 1.54) is 6.08 Å². The van der Waals surface area contributed by atoms with Crippen LogP contribution in [0, 0.1) is 0 Å². The number of aromatic nitrogens is 5. The van der Waals surface area contributed by atoms with Crippen molar-refractivity contribution in [3.63, 3.8) is 0 Å². The molecular weight excluding hydrogens is 382 g/mol. The summed E-state index contributed by atoms with van der Waals surface area (Å²) >= 11 is 6.29. The van der Waals surface area contributed by atoms with E-state index in [1.54, 1.807) is 17.1 Å². The number of hydrogen-bond acceptors (Lipinski definition) is 6. The predicted octanol–water partition coefficient (Wildman–Crippen LogP) is 2.69. The van der Waals surface area contributed by atoms with Crippen molar-refractivity contribution in [2.24, 2.45) is 7.05 Å². The molecule has 0 bridgehead atoms. The minimum Gasteiger partial charge on any atom is -0.474 e. The average molecular weight is 402 g/mol. The first-order valence-electron chi connectivity index (χ1n) is 8.77. The van der Waals surface area contributed by atoms with Crippen molar-refractivity contribution < 1.29 is 9.53 Å². The van der Waals surface area contributed by atoms with E-state index in [0.29, 0.717) is 40.7 Å². The van der Waals surface area contributed by atoms with Crippen LogP contribution in [0.25, 0.3) is 11.0 Å². The number of carbonyl (C=O) groups is 1. The molecule has 0 aromatic carbocycles. The lowest BCUT2D eigenvalue weighted by molar-refractivity contribution is -0.120. The Kier molecular flexibility index (Phi) is 4.46. The second kappa shape index (κ2) is 6.83. The molecule has 3 heterocycles. The number of carbonyl (C=O) groups excluding carboxylic acids is 1. The number of hydrogen-bond donors (Lipinski definition) is 3. The number of fused-ring (bicyclic) bond motifs is 1. The molecule has 0 radical (unpaired) electrons. The van der Waals surface area contributed by atoms with Crippen molar-refractivity contribution in [2.75, 3.05) is 5.32 Å². The van der Waals surface area contributed by atoms with Crippen molar-refractivity contribution in [1.82, 2.24) is 30.0 Å². The Bertz CT molecular complexity index is 1050. The molecule has 10 heteroatoms. The highest BCUT2D eigenvalue weighted by Gasteiger charge is 2.43. The molecule has 0 atom stereocenters. The standard InChI is InChI=1S/C18H20ClN7O2/c1-4-13(27)25-18(2)5-11(6-18)28-16-14-12(19)8-20-15(14)23-17(24-16)22-10-7-21-26(3)9-10/h4,7-9,11H,1,5-6H2,2-3H3,(H,25,27)(H2,20,22,23,24). The first-order valence-corrected chi connectivity index (χ1v) is 9.14. The molecule has 3 N–H and O–H groups in total. The second-order valence-corrected chi connectivity index (χ2v) is 7.55. The number of halogens is 1. The van der Waals surface area contributed by atoms with Gasteiger partial charge in [-0.25, -0.2) is 0 Å². The minimum atomic E-state index is -0.319. The Labute approximate surface area is 166 Å². The lowest BCUT2D eigenvalue weighted by Gasteiger charge is -2.44. The smallest absolute Gasteiger partial charge is 0.243 e. The minimum absolute atomic E-state index is 0.0922. The predicted molar refractivity (Wildman–Crippen MR) is 106 cm³/mol. The molecule has 28 heavy (non-hydrogen) atoms. The highest BCUT2D eigenvalue weighted by atomic mass is 35.5. The maximum Gasteiger partial charge on any atom is 0.243 e. The fourth-order valence-electron chi connectivity index (χ4n) is 3.36. The molecule has 0 unspecified atom stereocenters. The molecule has 3 aromatic rings. The van der Waals surface area contributed by atoms with Gasteiger partial charge in [0.05, 0.1) is 22.3 Å². The molecule has 1 aliphatic rings. The highest BCUT2D eigenvalue weighted by molar-refractivity contribution is 6.35. The number of aromatic amines is 1. The van der Waals surface area contributed by atoms with Crippen LogP contribution in [0.3, 0.4) is 0 Å². The zero-order valence-electron chi connectivity index (χ0n) is 15.5. The van der Waals surface area contributed by atoms with Crippen LogP contribution in [0.15, 0.2) is 31.2 Å². The van der Waals surface area contributed by atoms with Crippen molar-refractivity contribution in [2.45, 2.75) is 31.4 Å². The highest BCUT2D eigenvalue weighted by Crippen LogP contribution is 2.38. The Hall–Kier alpha value is -3.07. The summed E-state index contributed by atoms with van der Waals surface area (Å²) in [4.78, 5) is 23.5. The van der Waals surface area contributed by atoms with Crippen LogP contribution in [0.4, 0.5) is 11.6 Å². The number of nitrogens with zero attached hydrogens (tertiary/aromatic N) is 4. The topological polar surface area (TPSA) is 110 Å². The largest absolute Gasteiger partial charge is 0.474 e. The molecule has 0 spiro atoms. The van der Waals surface area contributed by atoms with Crippen molar-refractivity contribution in [1.29, 1.82) is 0 Å². The third-order valence-corrected chi connectivity index (χ3v) is 4.95. The fourth-order valence-corrected chi connectivity index (χ4v) is 3.58. The van der Waals surface area contributed by atoms with Gasteiger partial charge in [-0.3, -0.25) is 9.48 Å². The van der Waals surface area contributed by atoms with Gasteiger partial charge >= 0.3 is 0 Å². The fraction of sp³-hybridized carbons (Fsp3) is 0.333. The molecule has 1 saturated carbocycles. The number of anilines is 2. The summed E-state index contributed by atoms with van der Waals surface area (Å²) < 4.78 is 7.78. The van der Waals surface area contributed by atoms with Gasteiger partial charge in [0.2, 0.25) is 17.7 Å². The molecule has 0 saturated heterocycles. The van der Waals surface area contributed by atoms with Gasteiger partial charge in [-0.1, -0.05) is 18.2 Å². The summed E-state index contributed by atoms with van der Waals surface area (Å²) in [6.45, 7) is 5.46. The van der Waals surface area contributed by atoms with Gasteiger partial charge in [0, 0.05) is 37.8 Å². The van der Waals surface area contributed by atoms with E-state index in [2.05, 4.69) is 37.3 Å². The van der Waals surface area contributed by atoms with Gasteiger partial charge in [0.25, 0.3) is 0 Å². The van der Waals surface area contributed by atoms with E-state index in [4.69, 9.17) is 16.3 Å². The van der Waals surface area contributed by atoms with Crippen molar-refractivity contribution in [3.05, 3.63) is 36.3 Å². The summed E-state index contributed by atoms with van der Waals surface area (Å²) in [6, 6.07) is 0. The third-order valence-electron chi connectivity index (χ3n) is 4.66. The van der Waals surface area contributed by atoms with Crippen molar-refractivity contribution >= 4 is 40.2 Å². The maximum absolute atomic E-state index is 11.6. The number of ether oxygens (including phenoxy) is 1. The van der Waals surface area contributed by atoms with Crippen molar-refractivity contribution in [3.8, 4) is 5.88 Å². The van der Waals surface area contributed by atoms with E-state index in [-0.39, 0.29) is 17.6 Å². The van der Waals surface area contributed by atoms with Gasteiger partial charge < -0.3 is 20.4 Å². The number of amides is 1. The molecule has 0 aliphatic heterocycles. The summed E-state index contributed by atoms with van der Waals surface area (Å²) in [5.74, 6) is 0.572. The van der Waals surface area contributed by atoms with E-state index in [9.17, 15) is 4.79 Å². The van der Waals surface area contributed by atoms with Crippen LogP contribution in [0.1, 0.15) is 19.8 Å². The van der Waals surface area contributed by atoms with Crippen LogP contribution in [0.5, 0.6) is 5.88 Å². The molecule has 3 aromatic heterocycles. The quantitative estimate of drug-likeness (QED) is 0.548. The molecular formula is C18H20ClN7O2. The van der Waals surface area contributed by atoms with Crippen LogP contribution in [-0.2, 0) is 11.8 Å². The second-order valence-electron chi connectivity index (χ2n) is 7.14. The molecule has 1 amide bonds. The lowest BCUT2D eigenvalue weighted by Crippen LogP contribution is -2.58. The summed E-state index contributed by atoms with van der Waals surface area (Å²) in [5, 5.41) is 11.3. The summed E-state index contributed by atoms with van der Waals surface area (Å²) in [5.41, 5.74) is 1.01. The van der Waals surface area contributed by atoms with E-state index >= 15 is 0 Å². The maximum atomic E-state index is 11.6. The van der Waals surface area contributed by atoms with Crippen LogP contribution in [0.2, 0.25) is 5.02 Å². The Morgan fingerprint density at radius 1 is 1.50 bits per heavy atom. The Morgan fingerprint density at radius 3 is 2.96 bits per heavy atom. The molecule has 9 nitrogen and oxygen atoms in total. The Balaban J connectivity index is 1.55. The first-order chi connectivity index (χ1) is 13.3. The molecule has 146 valence electrons. The molecule has 1 aliphatic carbocycles. The number of H-pyrrole nitrogens is 1. The van der Waals surface area contributed by atoms with E-state index in [1.807, 2.05) is 20.2 Å². The van der Waals surface area contributed by atoms with Crippen LogP contribution < -0.4 is 15.4 Å². The average Bonchev–Trinajstić information content (AvgIpc) is 3.19. The van der Waals surface area contributed by atoms with Gasteiger partial charge in [-0.2, -0.15) is 15.1 Å². The van der Waals surface area contributed by atoms with Crippen LogP contribution in [-0.4, -0.2) is 42.3 Å².